The fourth-order valence-electron chi connectivity index (χ4n) is 2.42. The lowest BCUT2D eigenvalue weighted by Gasteiger charge is -2.14. The van der Waals surface area contributed by atoms with Gasteiger partial charge in [0.2, 0.25) is 5.91 Å². The Morgan fingerprint density at radius 3 is 2.76 bits per heavy atom. The van der Waals surface area contributed by atoms with Crippen LogP contribution in [0.1, 0.15) is 18.1 Å². The number of benzene rings is 2. The fourth-order valence-corrected chi connectivity index (χ4v) is 2.61. The van der Waals surface area contributed by atoms with E-state index in [1.54, 1.807) is 16.9 Å². The van der Waals surface area contributed by atoms with Crippen LogP contribution in [0.4, 0.5) is 11.5 Å². The monoisotopic (exact) mass is 355 g/mol. The first-order valence-corrected chi connectivity index (χ1v) is 8.22. The molecule has 6 nitrogen and oxygen atoms in total. The Morgan fingerprint density at radius 2 is 2.00 bits per heavy atom. The molecule has 3 rings (SSSR count). The standard InChI is InChI=1S/C18H18ClN5O/c1-13(25)20-10-15-9-16(19)7-8-17(15)22-18-11-21-23-24(18)12-14-5-3-2-4-6-14/h2-9,11,22H,10,12H2,1H3,(H,20,25). The first kappa shape index (κ1) is 17.0. The van der Waals surface area contributed by atoms with Gasteiger partial charge in [-0.3, -0.25) is 4.79 Å². The van der Waals surface area contributed by atoms with E-state index in [1.165, 1.54) is 6.92 Å². The molecule has 1 amide bonds. The predicted octanol–water partition coefficient (Wildman–Crippen LogP) is 3.36. The van der Waals surface area contributed by atoms with Gasteiger partial charge < -0.3 is 10.6 Å². The third-order valence-electron chi connectivity index (χ3n) is 3.65. The number of amides is 1. The number of anilines is 2. The van der Waals surface area contributed by atoms with E-state index in [1.807, 2.05) is 42.5 Å². The Labute approximate surface area is 150 Å². The summed E-state index contributed by atoms with van der Waals surface area (Å²) in [5.41, 5.74) is 2.86. The summed E-state index contributed by atoms with van der Waals surface area (Å²) in [7, 11) is 0. The van der Waals surface area contributed by atoms with Gasteiger partial charge in [-0.15, -0.1) is 5.10 Å². The molecule has 0 aliphatic carbocycles. The van der Waals surface area contributed by atoms with Gasteiger partial charge in [0.15, 0.2) is 0 Å². The van der Waals surface area contributed by atoms with E-state index in [0.717, 1.165) is 22.6 Å². The molecule has 2 aromatic carbocycles. The number of carbonyl (C=O) groups is 1. The summed E-state index contributed by atoms with van der Waals surface area (Å²) in [5.74, 6) is 0.664. The summed E-state index contributed by atoms with van der Waals surface area (Å²) in [6.45, 7) is 2.48. The Morgan fingerprint density at radius 1 is 1.20 bits per heavy atom. The van der Waals surface area contributed by atoms with Gasteiger partial charge in [-0.25, -0.2) is 4.68 Å². The van der Waals surface area contributed by atoms with Crippen molar-refractivity contribution in [1.82, 2.24) is 20.3 Å². The second-order valence-corrected chi connectivity index (χ2v) is 6.04. The number of halogens is 1. The maximum atomic E-state index is 11.2. The van der Waals surface area contributed by atoms with Crippen molar-refractivity contribution < 1.29 is 4.79 Å². The molecule has 0 saturated heterocycles. The SMILES string of the molecule is CC(=O)NCc1cc(Cl)ccc1Nc1cnnn1Cc1ccccc1. The topological polar surface area (TPSA) is 71.8 Å². The van der Waals surface area contributed by atoms with Crippen LogP contribution in [0.5, 0.6) is 0 Å². The molecule has 0 aliphatic heterocycles. The highest BCUT2D eigenvalue weighted by molar-refractivity contribution is 6.30. The van der Waals surface area contributed by atoms with Gasteiger partial charge in [0, 0.05) is 24.2 Å². The van der Waals surface area contributed by atoms with Gasteiger partial charge in [0.25, 0.3) is 0 Å². The first-order valence-electron chi connectivity index (χ1n) is 7.84. The van der Waals surface area contributed by atoms with Gasteiger partial charge in [0.1, 0.15) is 5.82 Å². The van der Waals surface area contributed by atoms with Crippen LogP contribution in [0.15, 0.2) is 54.7 Å². The van der Waals surface area contributed by atoms with Crippen LogP contribution in [0.2, 0.25) is 5.02 Å². The number of nitrogens with zero attached hydrogens (tertiary/aromatic N) is 3. The Kier molecular flexibility index (Phi) is 5.30. The summed E-state index contributed by atoms with van der Waals surface area (Å²) < 4.78 is 1.78. The highest BCUT2D eigenvalue weighted by atomic mass is 35.5. The fraction of sp³-hybridized carbons (Fsp3) is 0.167. The molecule has 1 heterocycles. The zero-order valence-corrected chi connectivity index (χ0v) is 14.5. The van der Waals surface area contributed by atoms with Gasteiger partial charge in [-0.1, -0.05) is 47.1 Å². The van der Waals surface area contributed by atoms with E-state index in [9.17, 15) is 4.79 Å². The zero-order valence-electron chi connectivity index (χ0n) is 13.7. The summed E-state index contributed by atoms with van der Waals surface area (Å²) in [5, 5.41) is 14.8. The number of hydrogen-bond donors (Lipinski definition) is 2. The van der Waals surface area contributed by atoms with Crippen LogP contribution >= 0.6 is 11.6 Å². The molecule has 2 N–H and O–H groups in total. The predicted molar refractivity (Wildman–Crippen MR) is 97.8 cm³/mol. The maximum absolute atomic E-state index is 11.2. The molecule has 3 aromatic rings. The molecule has 0 radical (unpaired) electrons. The third kappa shape index (κ3) is 4.58. The average Bonchev–Trinajstić information content (AvgIpc) is 3.02. The lowest BCUT2D eigenvalue weighted by atomic mass is 10.1. The zero-order chi connectivity index (χ0) is 17.6. The van der Waals surface area contributed by atoms with Crippen LogP contribution in [-0.2, 0) is 17.9 Å². The molecular formula is C18H18ClN5O. The number of hydrogen-bond acceptors (Lipinski definition) is 4. The minimum Gasteiger partial charge on any atom is -0.352 e. The van der Waals surface area contributed by atoms with E-state index in [-0.39, 0.29) is 5.91 Å². The molecule has 7 heteroatoms. The lowest BCUT2D eigenvalue weighted by molar-refractivity contribution is -0.119. The first-order chi connectivity index (χ1) is 12.1. The van der Waals surface area contributed by atoms with Crippen LogP contribution in [-0.4, -0.2) is 20.9 Å². The Balaban J connectivity index is 1.81. The van der Waals surface area contributed by atoms with Crippen molar-refractivity contribution in [3.05, 3.63) is 70.9 Å². The van der Waals surface area contributed by atoms with Crippen molar-refractivity contribution in [2.24, 2.45) is 0 Å². The van der Waals surface area contributed by atoms with Crippen molar-refractivity contribution in [1.29, 1.82) is 0 Å². The summed E-state index contributed by atoms with van der Waals surface area (Å²) in [6, 6.07) is 15.5. The van der Waals surface area contributed by atoms with E-state index < -0.39 is 0 Å². The summed E-state index contributed by atoms with van der Waals surface area (Å²) in [6.07, 6.45) is 1.67. The molecule has 0 unspecified atom stereocenters. The molecule has 0 fully saturated rings. The molecule has 0 bridgehead atoms. The molecule has 0 spiro atoms. The van der Waals surface area contributed by atoms with Crippen molar-refractivity contribution in [3.63, 3.8) is 0 Å². The highest BCUT2D eigenvalue weighted by Gasteiger charge is 2.09. The van der Waals surface area contributed by atoms with Gasteiger partial charge in [0.05, 0.1) is 12.7 Å². The van der Waals surface area contributed by atoms with Crippen LogP contribution in [0.25, 0.3) is 0 Å². The number of rotatable bonds is 6. The second-order valence-electron chi connectivity index (χ2n) is 5.60. The number of aromatic nitrogens is 3. The maximum Gasteiger partial charge on any atom is 0.217 e. The summed E-state index contributed by atoms with van der Waals surface area (Å²) in [4.78, 5) is 11.2. The highest BCUT2D eigenvalue weighted by Crippen LogP contribution is 2.24. The van der Waals surface area contributed by atoms with Crippen LogP contribution < -0.4 is 10.6 Å². The molecule has 25 heavy (non-hydrogen) atoms. The molecule has 1 aromatic heterocycles. The van der Waals surface area contributed by atoms with Crippen molar-refractivity contribution in [3.8, 4) is 0 Å². The summed E-state index contributed by atoms with van der Waals surface area (Å²) >= 11 is 6.08. The minimum absolute atomic E-state index is 0.0956. The lowest BCUT2D eigenvalue weighted by Crippen LogP contribution is -2.19. The van der Waals surface area contributed by atoms with Gasteiger partial charge in [-0.2, -0.15) is 0 Å². The molecular weight excluding hydrogens is 338 g/mol. The number of carbonyl (C=O) groups excluding carboxylic acids is 1. The molecule has 128 valence electrons. The van der Waals surface area contributed by atoms with E-state index in [0.29, 0.717) is 18.1 Å². The second kappa shape index (κ2) is 7.81. The van der Waals surface area contributed by atoms with E-state index in [4.69, 9.17) is 11.6 Å². The third-order valence-corrected chi connectivity index (χ3v) is 3.89. The Bertz CT molecular complexity index is 863. The van der Waals surface area contributed by atoms with Crippen LogP contribution in [0.3, 0.4) is 0 Å². The van der Waals surface area contributed by atoms with E-state index in [2.05, 4.69) is 20.9 Å². The van der Waals surface area contributed by atoms with E-state index >= 15 is 0 Å². The molecule has 0 saturated carbocycles. The van der Waals surface area contributed by atoms with Gasteiger partial charge in [-0.05, 0) is 29.3 Å². The van der Waals surface area contributed by atoms with Crippen molar-refractivity contribution in [2.75, 3.05) is 5.32 Å². The quantitative estimate of drug-likeness (QED) is 0.711. The minimum atomic E-state index is -0.0956. The van der Waals surface area contributed by atoms with Gasteiger partial charge >= 0.3 is 0 Å². The number of nitrogens with one attached hydrogen (secondary N) is 2. The molecule has 0 aliphatic rings. The molecule has 0 atom stereocenters. The average molecular weight is 356 g/mol. The Hall–Kier alpha value is -2.86. The smallest absolute Gasteiger partial charge is 0.217 e. The van der Waals surface area contributed by atoms with Crippen LogP contribution in [0, 0.1) is 0 Å². The normalized spacial score (nSPS) is 10.5. The largest absolute Gasteiger partial charge is 0.352 e. The van der Waals surface area contributed by atoms with Crippen molar-refractivity contribution >= 4 is 29.0 Å². The van der Waals surface area contributed by atoms with Crippen molar-refractivity contribution in [2.45, 2.75) is 20.0 Å².